The molecule has 0 saturated heterocycles. The first-order valence-electron chi connectivity index (χ1n) is 7.49. The third-order valence-electron chi connectivity index (χ3n) is 3.24. The van der Waals surface area contributed by atoms with E-state index in [0.29, 0.717) is 11.6 Å². The largest absolute Gasteiger partial charge is 0.351 e. The number of hydrogen-bond donors (Lipinski definition) is 2. The van der Waals surface area contributed by atoms with Gasteiger partial charge in [0.1, 0.15) is 0 Å². The fraction of sp³-hybridized carbons (Fsp3) is 0.222. The zero-order chi connectivity index (χ0) is 17.4. The lowest BCUT2D eigenvalue weighted by Crippen LogP contribution is -2.25. The lowest BCUT2D eigenvalue weighted by atomic mass is 10.2. The lowest BCUT2D eigenvalue weighted by molar-refractivity contribution is -0.118. The summed E-state index contributed by atoms with van der Waals surface area (Å²) in [5.41, 5.74) is 2.77. The van der Waals surface area contributed by atoms with E-state index in [-0.39, 0.29) is 23.3 Å². The molecule has 0 atom stereocenters. The molecule has 0 heterocycles. The zero-order valence-electron chi connectivity index (χ0n) is 13.3. The number of rotatable bonds is 7. The predicted molar refractivity (Wildman–Crippen MR) is 100 cm³/mol. The van der Waals surface area contributed by atoms with E-state index < -0.39 is 0 Å². The second kappa shape index (κ2) is 9.35. The molecular weight excluding hydrogens is 344 g/mol. The van der Waals surface area contributed by atoms with Crippen molar-refractivity contribution in [1.82, 2.24) is 5.32 Å². The second-order valence-electron chi connectivity index (χ2n) is 5.28. The minimum absolute atomic E-state index is 0.122. The highest BCUT2D eigenvalue weighted by molar-refractivity contribution is 8.00. The van der Waals surface area contributed by atoms with Crippen molar-refractivity contribution in [2.75, 3.05) is 16.8 Å². The number of aryl methyl sites for hydroxylation is 1. The van der Waals surface area contributed by atoms with Crippen LogP contribution in [0, 0.1) is 6.92 Å². The summed E-state index contributed by atoms with van der Waals surface area (Å²) in [7, 11) is 0. The quantitative estimate of drug-likeness (QED) is 0.790. The lowest BCUT2D eigenvalue weighted by Gasteiger charge is -2.07. The fourth-order valence-electron chi connectivity index (χ4n) is 1.96. The molecule has 0 saturated carbocycles. The Balaban J connectivity index is 1.66. The molecule has 0 spiro atoms. The maximum absolute atomic E-state index is 11.8. The molecule has 0 radical (unpaired) electrons. The van der Waals surface area contributed by atoms with Crippen molar-refractivity contribution in [3.05, 3.63) is 64.7 Å². The van der Waals surface area contributed by atoms with Crippen LogP contribution in [0.2, 0.25) is 5.02 Å². The van der Waals surface area contributed by atoms with E-state index in [1.165, 1.54) is 11.8 Å². The van der Waals surface area contributed by atoms with Crippen molar-refractivity contribution < 1.29 is 9.59 Å². The minimum atomic E-state index is -0.122. The Morgan fingerprint density at radius 3 is 2.38 bits per heavy atom. The van der Waals surface area contributed by atoms with Gasteiger partial charge in [-0.05, 0) is 30.7 Å². The van der Waals surface area contributed by atoms with Gasteiger partial charge in [0, 0.05) is 17.3 Å². The van der Waals surface area contributed by atoms with Crippen LogP contribution in [0.3, 0.4) is 0 Å². The van der Waals surface area contributed by atoms with Gasteiger partial charge in [0.05, 0.1) is 11.5 Å². The van der Waals surface area contributed by atoms with Crippen LogP contribution in [0.5, 0.6) is 0 Å². The summed E-state index contributed by atoms with van der Waals surface area (Å²) in [5, 5.41) is 6.22. The second-order valence-corrected chi connectivity index (χ2v) is 6.67. The summed E-state index contributed by atoms with van der Waals surface area (Å²) >= 11 is 7.31. The maximum Gasteiger partial charge on any atom is 0.234 e. The average molecular weight is 363 g/mol. The molecule has 4 nitrogen and oxygen atoms in total. The van der Waals surface area contributed by atoms with E-state index in [1.54, 1.807) is 6.07 Å². The van der Waals surface area contributed by atoms with Gasteiger partial charge in [-0.3, -0.25) is 9.59 Å². The van der Waals surface area contributed by atoms with Crippen molar-refractivity contribution in [2.24, 2.45) is 0 Å². The van der Waals surface area contributed by atoms with Crippen LogP contribution in [0.1, 0.15) is 11.1 Å². The molecule has 0 unspecified atom stereocenters. The maximum atomic E-state index is 11.8. The summed E-state index contributed by atoms with van der Waals surface area (Å²) in [5.74, 6) is 0.213. The Bertz CT molecular complexity index is 704. The Hall–Kier alpha value is -1.98. The van der Waals surface area contributed by atoms with Crippen molar-refractivity contribution in [2.45, 2.75) is 13.5 Å². The number of carbonyl (C=O) groups is 2. The third kappa shape index (κ3) is 6.26. The smallest absolute Gasteiger partial charge is 0.234 e. The Labute approximate surface area is 151 Å². The number of benzene rings is 2. The molecule has 6 heteroatoms. The Morgan fingerprint density at radius 2 is 1.67 bits per heavy atom. The SMILES string of the molecule is Cc1ccc(NC(=O)CSCC(=O)NCc2ccccc2Cl)cc1. The van der Waals surface area contributed by atoms with Crippen LogP contribution in [0.15, 0.2) is 48.5 Å². The summed E-state index contributed by atoms with van der Waals surface area (Å²) in [4.78, 5) is 23.6. The summed E-state index contributed by atoms with van der Waals surface area (Å²) in [6.07, 6.45) is 0. The molecule has 2 amide bonds. The van der Waals surface area contributed by atoms with Gasteiger partial charge in [0.15, 0.2) is 0 Å². The third-order valence-corrected chi connectivity index (χ3v) is 4.54. The summed E-state index contributed by atoms with van der Waals surface area (Å²) in [6, 6.07) is 14.9. The molecule has 0 aliphatic heterocycles. The predicted octanol–water partition coefficient (Wildman–Crippen LogP) is 3.64. The number of nitrogens with one attached hydrogen (secondary N) is 2. The van der Waals surface area contributed by atoms with Crippen LogP contribution in [0.25, 0.3) is 0 Å². The van der Waals surface area contributed by atoms with Crippen LogP contribution < -0.4 is 10.6 Å². The standard InChI is InChI=1S/C18H19ClN2O2S/c1-13-6-8-15(9-7-13)21-18(23)12-24-11-17(22)20-10-14-4-2-3-5-16(14)19/h2-9H,10-12H2,1H3,(H,20,22)(H,21,23). The number of halogens is 1. The number of carbonyl (C=O) groups excluding carboxylic acids is 2. The molecule has 24 heavy (non-hydrogen) atoms. The Morgan fingerprint density at radius 1 is 1.00 bits per heavy atom. The normalized spacial score (nSPS) is 10.2. The highest BCUT2D eigenvalue weighted by Crippen LogP contribution is 2.14. The van der Waals surface area contributed by atoms with Crippen molar-refractivity contribution in [3.63, 3.8) is 0 Å². The summed E-state index contributed by atoms with van der Waals surface area (Å²) in [6.45, 7) is 2.37. The molecule has 2 N–H and O–H groups in total. The molecule has 0 bridgehead atoms. The van der Waals surface area contributed by atoms with E-state index >= 15 is 0 Å². The van der Waals surface area contributed by atoms with E-state index in [2.05, 4.69) is 10.6 Å². The monoisotopic (exact) mass is 362 g/mol. The summed E-state index contributed by atoms with van der Waals surface area (Å²) < 4.78 is 0. The van der Waals surface area contributed by atoms with Crippen LogP contribution in [0.4, 0.5) is 5.69 Å². The van der Waals surface area contributed by atoms with Gasteiger partial charge in [0.2, 0.25) is 11.8 Å². The number of anilines is 1. The molecule has 0 aliphatic carbocycles. The topological polar surface area (TPSA) is 58.2 Å². The van der Waals surface area contributed by atoms with Gasteiger partial charge in [0.25, 0.3) is 0 Å². The van der Waals surface area contributed by atoms with E-state index in [9.17, 15) is 9.59 Å². The molecule has 2 rings (SSSR count). The first-order chi connectivity index (χ1) is 11.5. The van der Waals surface area contributed by atoms with Gasteiger partial charge < -0.3 is 10.6 Å². The van der Waals surface area contributed by atoms with E-state index in [1.807, 2.05) is 49.4 Å². The van der Waals surface area contributed by atoms with E-state index in [0.717, 1.165) is 16.8 Å². The average Bonchev–Trinajstić information content (AvgIpc) is 2.56. The van der Waals surface area contributed by atoms with Gasteiger partial charge in [-0.15, -0.1) is 11.8 Å². The van der Waals surface area contributed by atoms with Crippen LogP contribution >= 0.6 is 23.4 Å². The minimum Gasteiger partial charge on any atom is -0.351 e. The molecule has 0 aliphatic rings. The van der Waals surface area contributed by atoms with Gasteiger partial charge in [-0.2, -0.15) is 0 Å². The number of amides is 2. The first-order valence-corrected chi connectivity index (χ1v) is 9.02. The van der Waals surface area contributed by atoms with Crippen LogP contribution in [-0.2, 0) is 16.1 Å². The Kier molecular flexibility index (Phi) is 7.15. The molecule has 126 valence electrons. The fourth-order valence-corrected chi connectivity index (χ4v) is 2.81. The molecular formula is C18H19ClN2O2S. The molecule has 0 fully saturated rings. The van der Waals surface area contributed by atoms with E-state index in [4.69, 9.17) is 11.6 Å². The number of thioether (sulfide) groups is 1. The number of hydrogen-bond acceptors (Lipinski definition) is 3. The van der Waals surface area contributed by atoms with Gasteiger partial charge >= 0.3 is 0 Å². The molecule has 2 aromatic rings. The van der Waals surface area contributed by atoms with Crippen LogP contribution in [-0.4, -0.2) is 23.3 Å². The first kappa shape index (κ1) is 18.4. The van der Waals surface area contributed by atoms with Gasteiger partial charge in [-0.1, -0.05) is 47.5 Å². The highest BCUT2D eigenvalue weighted by Gasteiger charge is 2.07. The molecule has 0 aromatic heterocycles. The van der Waals surface area contributed by atoms with Gasteiger partial charge in [-0.25, -0.2) is 0 Å². The molecule has 2 aromatic carbocycles. The zero-order valence-corrected chi connectivity index (χ0v) is 14.9. The van der Waals surface area contributed by atoms with Crippen molar-refractivity contribution >= 4 is 40.9 Å². The highest BCUT2D eigenvalue weighted by atomic mass is 35.5. The van der Waals surface area contributed by atoms with Crippen molar-refractivity contribution in [3.8, 4) is 0 Å². The van der Waals surface area contributed by atoms with Crippen molar-refractivity contribution in [1.29, 1.82) is 0 Å².